The zero-order valence-electron chi connectivity index (χ0n) is 11.6. The van der Waals surface area contributed by atoms with Crippen molar-refractivity contribution >= 4 is 11.8 Å². The molecule has 18 heavy (non-hydrogen) atoms. The third-order valence-corrected chi connectivity index (χ3v) is 3.41. The van der Waals surface area contributed by atoms with Crippen molar-refractivity contribution in [3.63, 3.8) is 0 Å². The highest BCUT2D eigenvalue weighted by Gasteiger charge is 2.35. The molecular weight excluding hydrogens is 230 g/mol. The van der Waals surface area contributed by atoms with E-state index >= 15 is 0 Å². The molecule has 1 aliphatic heterocycles. The monoisotopic (exact) mass is 255 g/mol. The van der Waals surface area contributed by atoms with Gasteiger partial charge in [-0.3, -0.25) is 9.59 Å². The lowest BCUT2D eigenvalue weighted by molar-refractivity contribution is -0.132. The predicted octanol–water partition coefficient (Wildman–Crippen LogP) is 0.550. The Morgan fingerprint density at radius 3 is 2.67 bits per heavy atom. The fourth-order valence-electron chi connectivity index (χ4n) is 2.07. The summed E-state index contributed by atoms with van der Waals surface area (Å²) in [6, 6.07) is -0.482. The Bertz CT molecular complexity index is 299. The molecule has 0 radical (unpaired) electrons. The molecule has 1 rings (SSSR count). The van der Waals surface area contributed by atoms with Crippen LogP contribution in [0.4, 0.5) is 0 Å². The molecule has 104 valence electrons. The smallest absolute Gasteiger partial charge is 0.242 e. The molecule has 0 aromatic heterocycles. The molecule has 5 heteroatoms. The summed E-state index contributed by atoms with van der Waals surface area (Å²) in [6.45, 7) is 7.12. The van der Waals surface area contributed by atoms with Gasteiger partial charge in [0.2, 0.25) is 11.8 Å². The summed E-state index contributed by atoms with van der Waals surface area (Å²) in [5.41, 5.74) is -0.530. The van der Waals surface area contributed by atoms with E-state index in [0.717, 1.165) is 32.2 Å². The highest BCUT2D eigenvalue weighted by Crippen LogP contribution is 2.18. The zero-order valence-corrected chi connectivity index (χ0v) is 11.6. The third-order valence-electron chi connectivity index (χ3n) is 3.41. The number of nitrogens with one attached hydrogen (secondary N) is 3. The fraction of sp³-hybridized carbons (Fsp3) is 0.846. The normalized spacial score (nSPS) is 25.3. The SMILES string of the molecule is CCCNC(=O)C(C)NC(=O)C1(C)CCCCN1. The summed E-state index contributed by atoms with van der Waals surface area (Å²) in [6.07, 6.45) is 3.87. The summed E-state index contributed by atoms with van der Waals surface area (Å²) in [4.78, 5) is 23.8. The molecule has 3 N–H and O–H groups in total. The Balaban J connectivity index is 2.45. The van der Waals surface area contributed by atoms with E-state index in [-0.39, 0.29) is 11.8 Å². The highest BCUT2D eigenvalue weighted by atomic mass is 16.2. The molecular formula is C13H25N3O2. The van der Waals surface area contributed by atoms with Crippen LogP contribution in [-0.2, 0) is 9.59 Å². The first-order chi connectivity index (χ1) is 8.49. The molecule has 2 atom stereocenters. The van der Waals surface area contributed by atoms with Crippen LogP contribution >= 0.6 is 0 Å². The number of piperidine rings is 1. The second-order valence-electron chi connectivity index (χ2n) is 5.20. The second kappa shape index (κ2) is 6.73. The van der Waals surface area contributed by atoms with Crippen LogP contribution in [0.3, 0.4) is 0 Å². The Hall–Kier alpha value is -1.10. The number of hydrogen-bond donors (Lipinski definition) is 3. The van der Waals surface area contributed by atoms with Crippen molar-refractivity contribution in [2.45, 2.75) is 58.0 Å². The van der Waals surface area contributed by atoms with Gasteiger partial charge in [0, 0.05) is 6.54 Å². The van der Waals surface area contributed by atoms with Crippen molar-refractivity contribution in [3.05, 3.63) is 0 Å². The molecule has 0 aromatic rings. The summed E-state index contributed by atoms with van der Waals surface area (Å²) < 4.78 is 0. The van der Waals surface area contributed by atoms with Gasteiger partial charge in [-0.05, 0) is 46.1 Å². The molecule has 0 spiro atoms. The quantitative estimate of drug-likeness (QED) is 0.672. The average molecular weight is 255 g/mol. The molecule has 1 aliphatic rings. The van der Waals surface area contributed by atoms with Gasteiger partial charge in [-0.15, -0.1) is 0 Å². The van der Waals surface area contributed by atoms with E-state index in [1.54, 1.807) is 6.92 Å². The first kappa shape index (κ1) is 15.0. The second-order valence-corrected chi connectivity index (χ2v) is 5.20. The van der Waals surface area contributed by atoms with Crippen LogP contribution in [0.5, 0.6) is 0 Å². The van der Waals surface area contributed by atoms with Crippen LogP contribution in [0.2, 0.25) is 0 Å². The van der Waals surface area contributed by atoms with Crippen molar-refractivity contribution in [2.24, 2.45) is 0 Å². The van der Waals surface area contributed by atoms with E-state index in [2.05, 4.69) is 16.0 Å². The largest absolute Gasteiger partial charge is 0.354 e. The molecule has 1 heterocycles. The van der Waals surface area contributed by atoms with Crippen molar-refractivity contribution in [1.29, 1.82) is 0 Å². The maximum absolute atomic E-state index is 12.2. The molecule has 0 bridgehead atoms. The van der Waals surface area contributed by atoms with E-state index < -0.39 is 11.6 Å². The van der Waals surface area contributed by atoms with Crippen LogP contribution in [0.15, 0.2) is 0 Å². The maximum atomic E-state index is 12.2. The number of amides is 2. The van der Waals surface area contributed by atoms with E-state index in [1.165, 1.54) is 0 Å². The number of rotatable bonds is 5. The van der Waals surface area contributed by atoms with Gasteiger partial charge in [-0.2, -0.15) is 0 Å². The van der Waals surface area contributed by atoms with Crippen molar-refractivity contribution in [2.75, 3.05) is 13.1 Å². The van der Waals surface area contributed by atoms with Gasteiger partial charge in [0.1, 0.15) is 6.04 Å². The average Bonchev–Trinajstić information content (AvgIpc) is 2.36. The minimum Gasteiger partial charge on any atom is -0.354 e. The summed E-state index contributed by atoms with van der Waals surface area (Å²) >= 11 is 0. The molecule has 1 saturated heterocycles. The molecule has 1 fully saturated rings. The van der Waals surface area contributed by atoms with Gasteiger partial charge in [-0.1, -0.05) is 6.92 Å². The molecule has 0 aromatic carbocycles. The Morgan fingerprint density at radius 1 is 1.39 bits per heavy atom. The van der Waals surface area contributed by atoms with Gasteiger partial charge >= 0.3 is 0 Å². The fourth-order valence-corrected chi connectivity index (χ4v) is 2.07. The topological polar surface area (TPSA) is 70.2 Å². The number of hydrogen-bond acceptors (Lipinski definition) is 3. The molecule has 2 unspecified atom stereocenters. The molecule has 5 nitrogen and oxygen atoms in total. The van der Waals surface area contributed by atoms with Crippen molar-refractivity contribution < 1.29 is 9.59 Å². The summed E-state index contributed by atoms with van der Waals surface area (Å²) in [7, 11) is 0. The summed E-state index contributed by atoms with van der Waals surface area (Å²) in [5.74, 6) is -0.203. The first-order valence-corrected chi connectivity index (χ1v) is 6.83. The summed E-state index contributed by atoms with van der Waals surface area (Å²) in [5, 5.41) is 8.80. The lowest BCUT2D eigenvalue weighted by atomic mass is 9.90. The Labute approximate surface area is 109 Å². The molecule has 0 saturated carbocycles. The van der Waals surface area contributed by atoms with Crippen molar-refractivity contribution in [3.8, 4) is 0 Å². The minimum atomic E-state index is -0.530. The molecule has 0 aliphatic carbocycles. The van der Waals surface area contributed by atoms with Gasteiger partial charge in [-0.25, -0.2) is 0 Å². The maximum Gasteiger partial charge on any atom is 0.242 e. The lowest BCUT2D eigenvalue weighted by Crippen LogP contribution is -2.60. The van der Waals surface area contributed by atoms with Crippen LogP contribution in [0, 0.1) is 0 Å². The number of carbonyl (C=O) groups is 2. The Morgan fingerprint density at radius 2 is 2.11 bits per heavy atom. The van der Waals surface area contributed by atoms with Gasteiger partial charge in [0.05, 0.1) is 5.54 Å². The highest BCUT2D eigenvalue weighted by molar-refractivity contribution is 5.91. The van der Waals surface area contributed by atoms with E-state index in [4.69, 9.17) is 0 Å². The minimum absolute atomic E-state index is 0.0821. The van der Waals surface area contributed by atoms with Gasteiger partial charge in [0.25, 0.3) is 0 Å². The number of carbonyl (C=O) groups excluding carboxylic acids is 2. The van der Waals surface area contributed by atoms with E-state index in [9.17, 15) is 9.59 Å². The van der Waals surface area contributed by atoms with E-state index in [0.29, 0.717) is 6.54 Å². The molecule has 2 amide bonds. The Kier molecular flexibility index (Phi) is 5.59. The van der Waals surface area contributed by atoms with Crippen LogP contribution in [-0.4, -0.2) is 36.5 Å². The first-order valence-electron chi connectivity index (χ1n) is 6.83. The van der Waals surface area contributed by atoms with Crippen LogP contribution in [0.1, 0.15) is 46.5 Å². The lowest BCUT2D eigenvalue weighted by Gasteiger charge is -2.34. The van der Waals surface area contributed by atoms with Crippen LogP contribution < -0.4 is 16.0 Å². The standard InChI is InChI=1S/C13H25N3O2/c1-4-8-14-11(17)10(2)16-12(18)13(3)7-5-6-9-15-13/h10,15H,4-9H2,1-3H3,(H,14,17)(H,16,18). The zero-order chi connectivity index (χ0) is 13.6. The van der Waals surface area contributed by atoms with Gasteiger partial charge < -0.3 is 16.0 Å². The van der Waals surface area contributed by atoms with Gasteiger partial charge in [0.15, 0.2) is 0 Å². The van der Waals surface area contributed by atoms with Crippen LogP contribution in [0.25, 0.3) is 0 Å². The predicted molar refractivity (Wildman–Crippen MR) is 71.2 cm³/mol. The van der Waals surface area contributed by atoms with Crippen molar-refractivity contribution in [1.82, 2.24) is 16.0 Å². The third kappa shape index (κ3) is 3.98. The van der Waals surface area contributed by atoms with E-state index in [1.807, 2.05) is 13.8 Å².